The maximum Gasteiger partial charge on any atom is 0.211 e. The van der Waals surface area contributed by atoms with Crippen LogP contribution in [0.25, 0.3) is 10.9 Å². The number of aromatic nitrogens is 1. The molecule has 6 heteroatoms. The van der Waals surface area contributed by atoms with E-state index in [2.05, 4.69) is 26.2 Å². The number of nitrogens with zero attached hydrogens (tertiary/aromatic N) is 1. The number of benzene rings is 2. The summed E-state index contributed by atoms with van der Waals surface area (Å²) in [6, 6.07) is 12.6. The lowest BCUT2D eigenvalue weighted by molar-refractivity contribution is 0.0986. The Balaban J connectivity index is 1.75. The number of anilines is 1. The lowest BCUT2D eigenvalue weighted by Gasteiger charge is -2.18. The molecule has 0 saturated carbocycles. The number of hydrogen-bond acceptors (Lipinski definition) is 5. The minimum Gasteiger partial charge on any atom is -0.495 e. The standard InChI is InChI=1S/C20H13BrN2O3/c1-26-18-8-11(6-7-14(18)21)23-16-9-17(24)19-12-4-2-3-5-15(12)22-10-13(19)20(16)25/h2-10,23H,1H3. The van der Waals surface area contributed by atoms with E-state index in [1.165, 1.54) is 12.3 Å². The molecule has 1 N–H and O–H groups in total. The second-order valence-corrected chi connectivity index (χ2v) is 6.64. The number of pyridine rings is 1. The minimum atomic E-state index is -0.264. The van der Waals surface area contributed by atoms with E-state index in [0.717, 1.165) is 4.47 Å². The van der Waals surface area contributed by atoms with E-state index in [1.807, 2.05) is 18.2 Å². The highest BCUT2D eigenvalue weighted by Crippen LogP contribution is 2.31. The number of methoxy groups -OCH3 is 1. The van der Waals surface area contributed by atoms with Gasteiger partial charge in [-0.3, -0.25) is 14.6 Å². The van der Waals surface area contributed by atoms with Crippen molar-refractivity contribution in [3.63, 3.8) is 0 Å². The highest BCUT2D eigenvalue weighted by Gasteiger charge is 2.28. The van der Waals surface area contributed by atoms with Crippen LogP contribution >= 0.6 is 15.9 Å². The summed E-state index contributed by atoms with van der Waals surface area (Å²) in [5.41, 5.74) is 2.26. The fourth-order valence-electron chi connectivity index (χ4n) is 2.98. The van der Waals surface area contributed by atoms with Gasteiger partial charge in [0.15, 0.2) is 5.78 Å². The summed E-state index contributed by atoms with van der Waals surface area (Å²) in [5.74, 6) is 0.141. The van der Waals surface area contributed by atoms with Crippen LogP contribution in [0, 0.1) is 0 Å². The Hall–Kier alpha value is -2.99. The van der Waals surface area contributed by atoms with Crippen molar-refractivity contribution in [1.29, 1.82) is 0 Å². The Bertz CT molecular complexity index is 1110. The van der Waals surface area contributed by atoms with Gasteiger partial charge in [0.1, 0.15) is 5.75 Å². The molecule has 0 aliphatic heterocycles. The summed E-state index contributed by atoms with van der Waals surface area (Å²) in [6.07, 6.45) is 2.81. The Kier molecular flexibility index (Phi) is 4.05. The smallest absolute Gasteiger partial charge is 0.211 e. The van der Waals surface area contributed by atoms with Crippen molar-refractivity contribution in [2.45, 2.75) is 0 Å². The van der Waals surface area contributed by atoms with Crippen LogP contribution in [0.1, 0.15) is 20.7 Å². The number of fused-ring (bicyclic) bond motifs is 3. The number of hydrogen-bond donors (Lipinski definition) is 1. The number of rotatable bonds is 3. The first-order valence-electron chi connectivity index (χ1n) is 7.87. The Morgan fingerprint density at radius 3 is 2.73 bits per heavy atom. The Morgan fingerprint density at radius 2 is 1.92 bits per heavy atom. The zero-order valence-corrected chi connectivity index (χ0v) is 15.3. The van der Waals surface area contributed by atoms with Gasteiger partial charge in [-0.15, -0.1) is 0 Å². The molecule has 0 atom stereocenters. The van der Waals surface area contributed by atoms with E-state index in [0.29, 0.717) is 33.5 Å². The molecule has 0 bridgehead atoms. The molecule has 0 unspecified atom stereocenters. The van der Waals surface area contributed by atoms with Gasteiger partial charge in [0.2, 0.25) is 5.78 Å². The van der Waals surface area contributed by atoms with Crippen molar-refractivity contribution in [3.05, 3.63) is 76.0 Å². The Morgan fingerprint density at radius 1 is 1.12 bits per heavy atom. The molecule has 3 aromatic rings. The van der Waals surface area contributed by atoms with Crippen molar-refractivity contribution in [2.75, 3.05) is 12.4 Å². The van der Waals surface area contributed by atoms with Crippen molar-refractivity contribution in [3.8, 4) is 5.75 Å². The van der Waals surface area contributed by atoms with Crippen molar-refractivity contribution in [2.24, 2.45) is 0 Å². The molecule has 4 rings (SSSR count). The lowest BCUT2D eigenvalue weighted by Crippen LogP contribution is -2.22. The predicted molar refractivity (Wildman–Crippen MR) is 103 cm³/mol. The molecule has 0 fully saturated rings. The second-order valence-electron chi connectivity index (χ2n) is 5.79. The number of carbonyl (C=O) groups is 2. The molecule has 0 spiro atoms. The minimum absolute atomic E-state index is 0.212. The van der Waals surface area contributed by atoms with Gasteiger partial charge in [-0.05, 0) is 34.1 Å². The van der Waals surface area contributed by atoms with Crippen LogP contribution in [-0.4, -0.2) is 23.7 Å². The highest BCUT2D eigenvalue weighted by atomic mass is 79.9. The van der Waals surface area contributed by atoms with Gasteiger partial charge in [0.25, 0.3) is 0 Å². The molecule has 5 nitrogen and oxygen atoms in total. The first-order valence-corrected chi connectivity index (χ1v) is 8.67. The predicted octanol–water partition coefficient (Wildman–Crippen LogP) is 4.38. The number of nitrogens with one attached hydrogen (secondary N) is 1. The van der Waals surface area contributed by atoms with E-state index in [9.17, 15) is 9.59 Å². The molecule has 0 saturated heterocycles. The average molecular weight is 409 g/mol. The molecule has 1 heterocycles. The molecular weight excluding hydrogens is 396 g/mol. The van der Waals surface area contributed by atoms with Crippen molar-refractivity contribution in [1.82, 2.24) is 4.98 Å². The number of halogens is 1. The number of carbonyl (C=O) groups excluding carboxylic acids is 2. The number of para-hydroxylation sites is 1. The van der Waals surface area contributed by atoms with Gasteiger partial charge in [-0.2, -0.15) is 0 Å². The fourth-order valence-corrected chi connectivity index (χ4v) is 3.39. The molecule has 1 aliphatic rings. The zero-order valence-electron chi connectivity index (χ0n) is 13.7. The maximum atomic E-state index is 12.9. The SMILES string of the molecule is COc1cc(NC2=CC(=O)c3c(cnc4ccccc34)C2=O)ccc1Br. The molecule has 128 valence electrons. The zero-order chi connectivity index (χ0) is 18.3. The summed E-state index contributed by atoms with van der Waals surface area (Å²) in [4.78, 5) is 29.9. The number of ketones is 2. The first kappa shape index (κ1) is 16.5. The van der Waals surface area contributed by atoms with Gasteiger partial charge in [-0.25, -0.2) is 0 Å². The van der Waals surface area contributed by atoms with Gasteiger partial charge >= 0.3 is 0 Å². The number of allylic oxidation sites excluding steroid dienone is 2. The number of ether oxygens (including phenoxy) is 1. The summed E-state index contributed by atoms with van der Waals surface area (Å²) < 4.78 is 6.06. The molecule has 1 aromatic heterocycles. The van der Waals surface area contributed by atoms with Gasteiger partial charge in [0.05, 0.1) is 28.4 Å². The van der Waals surface area contributed by atoms with Crippen LogP contribution in [0.15, 0.2) is 64.9 Å². The van der Waals surface area contributed by atoms with Crippen molar-refractivity contribution >= 4 is 44.1 Å². The third-order valence-corrected chi connectivity index (χ3v) is 4.87. The largest absolute Gasteiger partial charge is 0.495 e. The third kappa shape index (κ3) is 2.68. The van der Waals surface area contributed by atoms with Crippen LogP contribution in [0.5, 0.6) is 5.75 Å². The lowest BCUT2D eigenvalue weighted by atomic mass is 9.91. The first-order chi connectivity index (χ1) is 12.6. The van der Waals surface area contributed by atoms with Crippen LogP contribution in [0.3, 0.4) is 0 Å². The van der Waals surface area contributed by atoms with Gasteiger partial charge < -0.3 is 10.1 Å². The summed E-state index contributed by atoms with van der Waals surface area (Å²) in [7, 11) is 1.56. The van der Waals surface area contributed by atoms with Crippen molar-refractivity contribution < 1.29 is 14.3 Å². The van der Waals surface area contributed by atoms with E-state index < -0.39 is 0 Å². The molecule has 0 radical (unpaired) electrons. The normalized spacial score (nSPS) is 13.4. The molecule has 26 heavy (non-hydrogen) atoms. The summed E-state index contributed by atoms with van der Waals surface area (Å²) in [6.45, 7) is 0. The Labute approximate surface area is 157 Å². The molecule has 1 aliphatic carbocycles. The monoisotopic (exact) mass is 408 g/mol. The van der Waals surface area contributed by atoms with E-state index in [4.69, 9.17) is 4.74 Å². The van der Waals surface area contributed by atoms with Gasteiger partial charge in [-0.1, -0.05) is 18.2 Å². The van der Waals surface area contributed by atoms with E-state index in [-0.39, 0.29) is 17.3 Å². The van der Waals surface area contributed by atoms with Gasteiger partial charge in [0, 0.05) is 35.0 Å². The average Bonchev–Trinajstić information content (AvgIpc) is 2.66. The molecule has 0 amide bonds. The van der Waals surface area contributed by atoms with Crippen LogP contribution in [-0.2, 0) is 0 Å². The summed E-state index contributed by atoms with van der Waals surface area (Å²) in [5, 5.41) is 3.70. The number of Topliss-reactive ketones (excluding diaryl/α,β-unsaturated/α-hetero) is 1. The van der Waals surface area contributed by atoms with Crippen LogP contribution in [0.4, 0.5) is 5.69 Å². The third-order valence-electron chi connectivity index (χ3n) is 4.22. The van der Waals surface area contributed by atoms with Crippen LogP contribution < -0.4 is 10.1 Å². The fraction of sp³-hybridized carbons (Fsp3) is 0.0500. The van der Waals surface area contributed by atoms with E-state index in [1.54, 1.807) is 31.4 Å². The van der Waals surface area contributed by atoms with E-state index >= 15 is 0 Å². The quantitative estimate of drug-likeness (QED) is 0.696. The maximum absolute atomic E-state index is 12.9. The summed E-state index contributed by atoms with van der Waals surface area (Å²) >= 11 is 3.38. The second kappa shape index (κ2) is 6.38. The highest BCUT2D eigenvalue weighted by molar-refractivity contribution is 9.10. The topological polar surface area (TPSA) is 68.3 Å². The van der Waals surface area contributed by atoms with Crippen LogP contribution in [0.2, 0.25) is 0 Å². The molecule has 2 aromatic carbocycles. The molecular formula is C20H13BrN2O3.